The zero-order valence-corrected chi connectivity index (χ0v) is 11.2. The van der Waals surface area contributed by atoms with E-state index in [1.165, 1.54) is 0 Å². The highest BCUT2D eigenvalue weighted by Crippen LogP contribution is 2.19. The molecule has 0 aliphatic carbocycles. The third-order valence-corrected chi connectivity index (χ3v) is 3.15. The summed E-state index contributed by atoms with van der Waals surface area (Å²) >= 11 is 3.36. The lowest BCUT2D eigenvalue weighted by atomic mass is 10.3. The van der Waals surface area contributed by atoms with Gasteiger partial charge in [-0.2, -0.15) is 0 Å². The number of rotatable bonds is 5. The summed E-state index contributed by atoms with van der Waals surface area (Å²) in [7, 11) is 1.64. The summed E-state index contributed by atoms with van der Waals surface area (Å²) < 4.78 is 21.6. The van der Waals surface area contributed by atoms with E-state index < -0.39 is 0 Å². The summed E-state index contributed by atoms with van der Waals surface area (Å²) in [6.45, 7) is 1.01. The average molecular weight is 303 g/mol. The second kappa shape index (κ2) is 6.23. The van der Waals surface area contributed by atoms with Gasteiger partial charge < -0.3 is 18.9 Å². The minimum Gasteiger partial charge on any atom is -0.497 e. The molecule has 0 amide bonds. The monoisotopic (exact) mass is 302 g/mol. The van der Waals surface area contributed by atoms with E-state index in [-0.39, 0.29) is 12.4 Å². The van der Waals surface area contributed by atoms with Crippen molar-refractivity contribution >= 4 is 15.9 Å². The maximum atomic E-state index is 5.56. The van der Waals surface area contributed by atoms with Gasteiger partial charge in [0.1, 0.15) is 18.1 Å². The minimum atomic E-state index is -0.278. The van der Waals surface area contributed by atoms with Gasteiger partial charge >= 0.3 is 0 Å². The lowest BCUT2D eigenvalue weighted by Gasteiger charge is -2.12. The van der Waals surface area contributed by atoms with Crippen LogP contribution in [0.4, 0.5) is 0 Å². The Hall–Kier alpha value is -0.780. The van der Waals surface area contributed by atoms with Crippen LogP contribution in [0.1, 0.15) is 0 Å². The number of methoxy groups -OCH3 is 1. The fraction of sp³-hybridized carbons (Fsp3) is 0.500. The van der Waals surface area contributed by atoms with Crippen LogP contribution < -0.4 is 9.47 Å². The molecule has 0 radical (unpaired) electrons. The van der Waals surface area contributed by atoms with Gasteiger partial charge in [-0.15, -0.1) is 0 Å². The highest BCUT2D eigenvalue weighted by molar-refractivity contribution is 9.09. The van der Waals surface area contributed by atoms with Crippen molar-refractivity contribution in [2.75, 3.05) is 25.7 Å². The summed E-state index contributed by atoms with van der Waals surface area (Å²) in [5.74, 6) is 1.59. The van der Waals surface area contributed by atoms with Crippen molar-refractivity contribution in [1.82, 2.24) is 0 Å². The van der Waals surface area contributed by atoms with E-state index >= 15 is 0 Å². The van der Waals surface area contributed by atoms with Gasteiger partial charge in [0.25, 0.3) is 0 Å². The van der Waals surface area contributed by atoms with Gasteiger partial charge in [0.2, 0.25) is 0 Å². The van der Waals surface area contributed by atoms with E-state index in [0.29, 0.717) is 13.2 Å². The Morgan fingerprint density at radius 1 is 1.29 bits per heavy atom. The Kier molecular flexibility index (Phi) is 4.65. The molecule has 0 saturated carbocycles. The standard InChI is InChI=1S/C12H15BrO4/c1-14-9-2-4-10(5-3-9)15-8-12-16-7-11(6-13)17-12/h2-5,11-12H,6-8H2,1H3. The van der Waals surface area contributed by atoms with Crippen molar-refractivity contribution in [3.8, 4) is 11.5 Å². The van der Waals surface area contributed by atoms with Crippen molar-refractivity contribution in [2.24, 2.45) is 0 Å². The van der Waals surface area contributed by atoms with Gasteiger partial charge in [0.15, 0.2) is 6.29 Å². The molecule has 2 rings (SSSR count). The summed E-state index contributed by atoms with van der Waals surface area (Å²) in [5.41, 5.74) is 0. The van der Waals surface area contributed by atoms with Crippen LogP contribution in [-0.4, -0.2) is 38.0 Å². The number of hydrogen-bond acceptors (Lipinski definition) is 4. The van der Waals surface area contributed by atoms with Crippen LogP contribution in [0, 0.1) is 0 Å². The van der Waals surface area contributed by atoms with Crippen molar-refractivity contribution in [3.05, 3.63) is 24.3 Å². The molecule has 1 aliphatic heterocycles. The molecule has 2 unspecified atom stereocenters. The van der Waals surface area contributed by atoms with Gasteiger partial charge in [-0.1, -0.05) is 15.9 Å². The molecule has 1 aromatic rings. The fourth-order valence-electron chi connectivity index (χ4n) is 1.51. The van der Waals surface area contributed by atoms with Crippen molar-refractivity contribution in [2.45, 2.75) is 12.4 Å². The lowest BCUT2D eigenvalue weighted by Crippen LogP contribution is -2.20. The molecular weight excluding hydrogens is 288 g/mol. The zero-order chi connectivity index (χ0) is 12.1. The third-order valence-electron chi connectivity index (χ3n) is 2.43. The molecule has 0 spiro atoms. The maximum Gasteiger partial charge on any atom is 0.192 e. The molecule has 2 atom stereocenters. The lowest BCUT2D eigenvalue weighted by molar-refractivity contribution is -0.0786. The largest absolute Gasteiger partial charge is 0.497 e. The summed E-state index contributed by atoms with van der Waals surface area (Å²) in [6.07, 6.45) is -0.154. The highest BCUT2D eigenvalue weighted by atomic mass is 79.9. The normalized spacial score (nSPS) is 23.6. The first-order chi connectivity index (χ1) is 8.31. The van der Waals surface area contributed by atoms with E-state index in [4.69, 9.17) is 18.9 Å². The molecule has 4 nitrogen and oxygen atoms in total. The molecule has 1 heterocycles. The number of alkyl halides is 1. The van der Waals surface area contributed by atoms with Crippen LogP contribution in [0.3, 0.4) is 0 Å². The van der Waals surface area contributed by atoms with Crippen LogP contribution >= 0.6 is 15.9 Å². The molecule has 1 saturated heterocycles. The Balaban J connectivity index is 1.78. The molecule has 0 aromatic heterocycles. The predicted octanol–water partition coefficient (Wildman–Crippen LogP) is 2.21. The summed E-state index contributed by atoms with van der Waals surface area (Å²) in [4.78, 5) is 0. The van der Waals surface area contributed by atoms with E-state index in [0.717, 1.165) is 16.8 Å². The molecule has 0 bridgehead atoms. The van der Waals surface area contributed by atoms with E-state index in [2.05, 4.69) is 15.9 Å². The fourth-order valence-corrected chi connectivity index (χ4v) is 1.85. The first-order valence-corrected chi connectivity index (χ1v) is 6.54. The van der Waals surface area contributed by atoms with Crippen molar-refractivity contribution in [3.63, 3.8) is 0 Å². The Bertz CT molecular complexity index is 341. The maximum absolute atomic E-state index is 5.56. The molecule has 0 N–H and O–H groups in total. The van der Waals surface area contributed by atoms with Crippen molar-refractivity contribution < 1.29 is 18.9 Å². The minimum absolute atomic E-state index is 0.125. The van der Waals surface area contributed by atoms with Crippen LogP contribution in [-0.2, 0) is 9.47 Å². The van der Waals surface area contributed by atoms with Crippen LogP contribution in [0.15, 0.2) is 24.3 Å². The van der Waals surface area contributed by atoms with Gasteiger partial charge in [-0.05, 0) is 24.3 Å². The average Bonchev–Trinajstić information content (AvgIpc) is 2.85. The first kappa shape index (κ1) is 12.7. The molecular formula is C12H15BrO4. The van der Waals surface area contributed by atoms with Crippen LogP contribution in [0.25, 0.3) is 0 Å². The molecule has 1 fully saturated rings. The first-order valence-electron chi connectivity index (χ1n) is 5.41. The quantitative estimate of drug-likeness (QED) is 0.782. The predicted molar refractivity (Wildman–Crippen MR) is 66.9 cm³/mol. The van der Waals surface area contributed by atoms with Gasteiger partial charge in [0, 0.05) is 5.33 Å². The smallest absolute Gasteiger partial charge is 0.192 e. The second-order valence-electron chi connectivity index (χ2n) is 3.66. The van der Waals surface area contributed by atoms with E-state index in [1.807, 2.05) is 24.3 Å². The molecule has 94 valence electrons. The highest BCUT2D eigenvalue weighted by Gasteiger charge is 2.25. The summed E-state index contributed by atoms with van der Waals surface area (Å²) in [6, 6.07) is 7.42. The Morgan fingerprint density at radius 3 is 2.59 bits per heavy atom. The van der Waals surface area contributed by atoms with Gasteiger partial charge in [-0.25, -0.2) is 0 Å². The van der Waals surface area contributed by atoms with Crippen LogP contribution in [0.5, 0.6) is 11.5 Å². The number of halogens is 1. The topological polar surface area (TPSA) is 36.9 Å². The molecule has 1 aromatic carbocycles. The van der Waals surface area contributed by atoms with Crippen molar-refractivity contribution in [1.29, 1.82) is 0 Å². The molecule has 5 heteroatoms. The summed E-state index contributed by atoms with van der Waals surface area (Å²) in [5, 5.41) is 0.784. The van der Waals surface area contributed by atoms with Crippen LogP contribution in [0.2, 0.25) is 0 Å². The second-order valence-corrected chi connectivity index (χ2v) is 4.31. The van der Waals surface area contributed by atoms with E-state index in [9.17, 15) is 0 Å². The third kappa shape index (κ3) is 3.59. The molecule has 17 heavy (non-hydrogen) atoms. The van der Waals surface area contributed by atoms with E-state index in [1.54, 1.807) is 7.11 Å². The SMILES string of the molecule is COc1ccc(OCC2OCC(CBr)O2)cc1. The Labute approximate surface area is 109 Å². The van der Waals surface area contributed by atoms with Gasteiger partial charge in [-0.3, -0.25) is 0 Å². The van der Waals surface area contributed by atoms with Gasteiger partial charge in [0.05, 0.1) is 19.8 Å². The molecule has 1 aliphatic rings. The number of benzene rings is 1. The zero-order valence-electron chi connectivity index (χ0n) is 9.60. The Morgan fingerprint density at radius 2 is 2.00 bits per heavy atom. The number of hydrogen-bond donors (Lipinski definition) is 0. The number of ether oxygens (including phenoxy) is 4.